The van der Waals surface area contributed by atoms with Gasteiger partial charge in [-0.05, 0) is 47.9 Å². The molecule has 0 aliphatic heterocycles. The second kappa shape index (κ2) is 6.27. The van der Waals surface area contributed by atoms with Gasteiger partial charge in [-0.25, -0.2) is 4.79 Å². The summed E-state index contributed by atoms with van der Waals surface area (Å²) in [5.41, 5.74) is 10.1. The largest absolute Gasteiger partial charge is 0.478 e. The van der Waals surface area contributed by atoms with Crippen LogP contribution in [-0.2, 0) is 6.42 Å². The Morgan fingerprint density at radius 1 is 1.19 bits per heavy atom. The molecule has 3 N–H and O–H groups in total. The van der Waals surface area contributed by atoms with Crippen molar-refractivity contribution in [1.82, 2.24) is 0 Å². The average molecular weight is 285 g/mol. The van der Waals surface area contributed by atoms with Gasteiger partial charge in [-0.1, -0.05) is 44.2 Å². The summed E-state index contributed by atoms with van der Waals surface area (Å²) in [7, 11) is 0. The molecule has 0 aromatic carbocycles. The van der Waals surface area contributed by atoms with Crippen LogP contribution in [-0.4, -0.2) is 17.1 Å². The lowest BCUT2D eigenvalue weighted by Gasteiger charge is -2.05. The third kappa shape index (κ3) is 3.42. The lowest BCUT2D eigenvalue weighted by atomic mass is 10.0. The van der Waals surface area contributed by atoms with E-state index in [1.54, 1.807) is 0 Å². The molecule has 21 heavy (non-hydrogen) atoms. The Morgan fingerprint density at radius 3 is 2.43 bits per heavy atom. The third-order valence-electron chi connectivity index (χ3n) is 3.88. The molecule has 0 saturated heterocycles. The Balaban J connectivity index is 2.51. The Morgan fingerprint density at radius 2 is 1.86 bits per heavy atom. The Hall–Kier alpha value is -1.87. The number of aryl methyl sites for hydroxylation is 1. The number of carboxylic acid groups (broad SMARTS) is 1. The number of hydrogen-bond acceptors (Lipinski definition) is 2. The Labute approximate surface area is 126 Å². The third-order valence-corrected chi connectivity index (χ3v) is 3.88. The fourth-order valence-electron chi connectivity index (χ4n) is 2.61. The molecule has 0 spiro atoms. The van der Waals surface area contributed by atoms with E-state index in [2.05, 4.69) is 19.9 Å². The number of carboxylic acids is 1. The summed E-state index contributed by atoms with van der Waals surface area (Å²) in [6.45, 7) is 6.20. The van der Waals surface area contributed by atoms with Crippen LogP contribution in [0.1, 0.15) is 54.6 Å². The summed E-state index contributed by atoms with van der Waals surface area (Å²) >= 11 is 0. The van der Waals surface area contributed by atoms with E-state index in [9.17, 15) is 9.90 Å². The van der Waals surface area contributed by atoms with Gasteiger partial charge in [0, 0.05) is 6.04 Å². The molecular formula is C18H23NO2. The summed E-state index contributed by atoms with van der Waals surface area (Å²) in [5.74, 6) is -0.436. The van der Waals surface area contributed by atoms with Gasteiger partial charge in [0.15, 0.2) is 0 Å². The molecule has 0 bridgehead atoms. The van der Waals surface area contributed by atoms with Gasteiger partial charge < -0.3 is 10.8 Å². The Bertz CT molecular complexity index is 617. The molecule has 2 rings (SSSR count). The van der Waals surface area contributed by atoms with E-state index in [0.717, 1.165) is 23.1 Å². The fraction of sp³-hybridized carbons (Fsp3) is 0.389. The second-order valence-electron chi connectivity index (χ2n) is 6.06. The summed E-state index contributed by atoms with van der Waals surface area (Å²) in [5, 5.41) is 9.55. The van der Waals surface area contributed by atoms with Gasteiger partial charge in [0.1, 0.15) is 0 Å². The quantitative estimate of drug-likeness (QED) is 0.876. The van der Waals surface area contributed by atoms with Gasteiger partial charge >= 0.3 is 5.97 Å². The van der Waals surface area contributed by atoms with Crippen molar-refractivity contribution >= 4 is 5.97 Å². The smallest absolute Gasteiger partial charge is 0.336 e. The number of rotatable bonds is 5. The number of hydrogen-bond donors (Lipinski definition) is 2. The van der Waals surface area contributed by atoms with E-state index >= 15 is 0 Å². The zero-order chi connectivity index (χ0) is 15.6. The van der Waals surface area contributed by atoms with E-state index in [1.165, 1.54) is 5.56 Å². The van der Waals surface area contributed by atoms with Crippen LogP contribution in [0.2, 0.25) is 0 Å². The predicted octanol–water partition coefficient (Wildman–Crippen LogP) is 3.89. The van der Waals surface area contributed by atoms with Crippen molar-refractivity contribution in [3.8, 4) is 11.1 Å². The topological polar surface area (TPSA) is 63.3 Å². The molecule has 1 atom stereocenters. The standard InChI is InChI=1S/C18H23NO2/c1-11(2)13-6-7-14-10-15(5-4-12(3)19)17(18(20)21)16(14)9-8-13/h6-12H,4-5,19H2,1-3H3,(H,20,21). The van der Waals surface area contributed by atoms with Crippen LogP contribution >= 0.6 is 0 Å². The fourth-order valence-corrected chi connectivity index (χ4v) is 2.61. The lowest BCUT2D eigenvalue weighted by molar-refractivity contribution is 0.0697. The lowest BCUT2D eigenvalue weighted by Crippen LogP contribution is -2.15. The number of fused-ring (bicyclic) bond motifs is 1. The monoisotopic (exact) mass is 285 g/mol. The van der Waals surface area contributed by atoms with Gasteiger partial charge in [-0.15, -0.1) is 0 Å². The molecule has 112 valence electrons. The van der Waals surface area contributed by atoms with Crippen molar-refractivity contribution in [1.29, 1.82) is 0 Å². The van der Waals surface area contributed by atoms with E-state index in [1.807, 2.05) is 31.2 Å². The molecule has 2 aliphatic carbocycles. The minimum absolute atomic E-state index is 0.0771. The summed E-state index contributed by atoms with van der Waals surface area (Å²) in [6, 6.07) is 10.1. The van der Waals surface area contributed by atoms with E-state index in [-0.39, 0.29) is 6.04 Å². The first-order chi connectivity index (χ1) is 9.90. The second-order valence-corrected chi connectivity index (χ2v) is 6.06. The minimum atomic E-state index is -0.859. The van der Waals surface area contributed by atoms with Crippen molar-refractivity contribution in [2.24, 2.45) is 5.73 Å². The highest BCUT2D eigenvalue weighted by Crippen LogP contribution is 2.33. The molecule has 0 aromatic heterocycles. The number of carbonyl (C=O) groups is 1. The summed E-state index contributed by atoms with van der Waals surface area (Å²) < 4.78 is 0. The molecule has 0 saturated carbocycles. The molecule has 2 aliphatic rings. The molecule has 3 heteroatoms. The zero-order valence-electron chi connectivity index (χ0n) is 12.9. The SMILES string of the molecule is CC(N)CCc1cc2ccc(C(C)C)ccc-2c1C(=O)O. The van der Waals surface area contributed by atoms with Crippen LogP contribution in [0.25, 0.3) is 11.1 Å². The first-order valence-corrected chi connectivity index (χ1v) is 7.44. The number of aromatic carboxylic acids is 1. The maximum absolute atomic E-state index is 11.6. The Kier molecular flexibility index (Phi) is 4.63. The molecular weight excluding hydrogens is 262 g/mol. The van der Waals surface area contributed by atoms with E-state index in [0.29, 0.717) is 17.9 Å². The maximum atomic E-state index is 11.6. The van der Waals surface area contributed by atoms with Crippen LogP contribution in [0.15, 0.2) is 30.3 Å². The highest BCUT2D eigenvalue weighted by atomic mass is 16.4. The van der Waals surface area contributed by atoms with Crippen LogP contribution in [0.3, 0.4) is 0 Å². The van der Waals surface area contributed by atoms with Crippen molar-refractivity contribution in [2.75, 3.05) is 0 Å². The zero-order valence-corrected chi connectivity index (χ0v) is 12.9. The molecule has 0 aromatic rings. The van der Waals surface area contributed by atoms with Crippen molar-refractivity contribution in [3.63, 3.8) is 0 Å². The van der Waals surface area contributed by atoms with Crippen LogP contribution in [0, 0.1) is 0 Å². The maximum Gasteiger partial charge on any atom is 0.336 e. The van der Waals surface area contributed by atoms with Gasteiger partial charge in [-0.2, -0.15) is 0 Å². The van der Waals surface area contributed by atoms with E-state index < -0.39 is 5.97 Å². The molecule has 0 fully saturated rings. The van der Waals surface area contributed by atoms with Crippen LogP contribution < -0.4 is 5.73 Å². The highest BCUT2D eigenvalue weighted by Gasteiger charge is 2.20. The molecule has 1 unspecified atom stereocenters. The molecule has 0 heterocycles. The first kappa shape index (κ1) is 15.5. The summed E-state index contributed by atoms with van der Waals surface area (Å²) in [6.07, 6.45) is 1.49. The van der Waals surface area contributed by atoms with Crippen molar-refractivity contribution in [2.45, 2.75) is 45.6 Å². The molecule has 0 radical (unpaired) electrons. The van der Waals surface area contributed by atoms with Crippen molar-refractivity contribution in [3.05, 3.63) is 47.0 Å². The van der Waals surface area contributed by atoms with Gasteiger partial charge in [0.2, 0.25) is 0 Å². The van der Waals surface area contributed by atoms with Crippen LogP contribution in [0.4, 0.5) is 0 Å². The normalized spacial score (nSPS) is 12.8. The van der Waals surface area contributed by atoms with Gasteiger partial charge in [-0.3, -0.25) is 0 Å². The number of nitrogens with two attached hydrogens (primary N) is 1. The van der Waals surface area contributed by atoms with E-state index in [4.69, 9.17) is 5.73 Å². The summed E-state index contributed by atoms with van der Waals surface area (Å²) in [4.78, 5) is 11.6. The van der Waals surface area contributed by atoms with Crippen LogP contribution in [0.5, 0.6) is 0 Å². The highest BCUT2D eigenvalue weighted by molar-refractivity contribution is 5.99. The molecule has 3 nitrogen and oxygen atoms in total. The first-order valence-electron chi connectivity index (χ1n) is 7.44. The predicted molar refractivity (Wildman–Crippen MR) is 86.1 cm³/mol. The van der Waals surface area contributed by atoms with Gasteiger partial charge in [0.05, 0.1) is 5.56 Å². The average Bonchev–Trinajstić information content (AvgIpc) is 2.61. The van der Waals surface area contributed by atoms with Crippen molar-refractivity contribution < 1.29 is 9.90 Å². The van der Waals surface area contributed by atoms with Gasteiger partial charge in [0.25, 0.3) is 0 Å². The molecule has 0 amide bonds. The minimum Gasteiger partial charge on any atom is -0.478 e.